The van der Waals surface area contributed by atoms with Gasteiger partial charge in [0.25, 0.3) is 0 Å². The van der Waals surface area contributed by atoms with Crippen molar-refractivity contribution in [2.45, 2.75) is 33.1 Å². The summed E-state index contributed by atoms with van der Waals surface area (Å²) in [7, 11) is 0. The molecule has 0 bridgehead atoms. The summed E-state index contributed by atoms with van der Waals surface area (Å²) in [6, 6.07) is 6.22. The third kappa shape index (κ3) is 4.83. The predicted octanol–water partition coefficient (Wildman–Crippen LogP) is 3.72. The van der Waals surface area contributed by atoms with Crippen molar-refractivity contribution in [1.29, 1.82) is 0 Å². The first-order chi connectivity index (χ1) is 9.05. The summed E-state index contributed by atoms with van der Waals surface area (Å²) in [5, 5.41) is 0. The largest absolute Gasteiger partial charge is 0.494 e. The Kier molecular flexibility index (Phi) is 4.81. The number of rotatable bonds is 5. The van der Waals surface area contributed by atoms with Gasteiger partial charge in [0, 0.05) is 6.54 Å². The van der Waals surface area contributed by atoms with Crippen molar-refractivity contribution >= 4 is 0 Å². The molecule has 0 aromatic heterocycles. The lowest BCUT2D eigenvalue weighted by Gasteiger charge is -2.36. The average Bonchev–Trinajstić information content (AvgIpc) is 2.38. The number of piperidine rings is 1. The van der Waals surface area contributed by atoms with Crippen LogP contribution in [0.5, 0.6) is 5.75 Å². The molecule has 0 aliphatic carbocycles. The SMILES string of the molecule is CC1(C)CCN(CCCOc2ccc(F)cc2)CC1. The first-order valence-electron chi connectivity index (χ1n) is 7.16. The minimum Gasteiger partial charge on any atom is -0.494 e. The molecule has 0 saturated carbocycles. The maximum Gasteiger partial charge on any atom is 0.123 e. The molecule has 1 fully saturated rings. The molecule has 1 aliphatic heterocycles. The predicted molar refractivity (Wildman–Crippen MR) is 76.0 cm³/mol. The van der Waals surface area contributed by atoms with E-state index in [-0.39, 0.29) is 5.82 Å². The van der Waals surface area contributed by atoms with Gasteiger partial charge in [-0.15, -0.1) is 0 Å². The van der Waals surface area contributed by atoms with Gasteiger partial charge in [-0.05, 0) is 62.0 Å². The van der Waals surface area contributed by atoms with E-state index in [4.69, 9.17) is 4.74 Å². The fourth-order valence-corrected chi connectivity index (χ4v) is 2.39. The molecule has 0 atom stereocenters. The van der Waals surface area contributed by atoms with Crippen molar-refractivity contribution < 1.29 is 9.13 Å². The van der Waals surface area contributed by atoms with E-state index in [1.165, 1.54) is 38.1 Å². The molecule has 0 N–H and O–H groups in total. The van der Waals surface area contributed by atoms with Crippen LogP contribution in [0, 0.1) is 11.2 Å². The van der Waals surface area contributed by atoms with E-state index >= 15 is 0 Å². The van der Waals surface area contributed by atoms with Gasteiger partial charge in [0.1, 0.15) is 11.6 Å². The summed E-state index contributed by atoms with van der Waals surface area (Å²) in [5.41, 5.74) is 0.515. The summed E-state index contributed by atoms with van der Waals surface area (Å²) < 4.78 is 18.3. The van der Waals surface area contributed by atoms with Gasteiger partial charge in [0.05, 0.1) is 6.61 Å². The Bertz CT molecular complexity index is 378. The average molecular weight is 265 g/mol. The number of halogens is 1. The molecule has 0 amide bonds. The molecule has 1 heterocycles. The number of benzene rings is 1. The van der Waals surface area contributed by atoms with Crippen LogP contribution < -0.4 is 4.74 Å². The number of ether oxygens (including phenoxy) is 1. The molecular formula is C16H24FNO. The first-order valence-corrected chi connectivity index (χ1v) is 7.16. The lowest BCUT2D eigenvalue weighted by atomic mass is 9.83. The molecule has 2 nitrogen and oxygen atoms in total. The Morgan fingerprint density at radius 2 is 1.79 bits per heavy atom. The van der Waals surface area contributed by atoms with Gasteiger partial charge in [0.2, 0.25) is 0 Å². The molecule has 3 heteroatoms. The minimum atomic E-state index is -0.219. The fraction of sp³-hybridized carbons (Fsp3) is 0.625. The highest BCUT2D eigenvalue weighted by Gasteiger charge is 2.24. The second-order valence-electron chi connectivity index (χ2n) is 6.16. The van der Waals surface area contributed by atoms with Crippen LogP contribution in [0.1, 0.15) is 33.1 Å². The molecule has 106 valence electrons. The number of hydrogen-bond acceptors (Lipinski definition) is 2. The molecule has 1 aromatic rings. The van der Waals surface area contributed by atoms with Gasteiger partial charge in [-0.1, -0.05) is 13.8 Å². The van der Waals surface area contributed by atoms with Gasteiger partial charge < -0.3 is 9.64 Å². The molecule has 0 spiro atoms. The summed E-state index contributed by atoms with van der Waals surface area (Å²) in [6.07, 6.45) is 3.59. The zero-order valence-corrected chi connectivity index (χ0v) is 12.0. The quantitative estimate of drug-likeness (QED) is 0.752. The lowest BCUT2D eigenvalue weighted by Crippen LogP contribution is -2.38. The van der Waals surface area contributed by atoms with Crippen LogP contribution in [0.15, 0.2) is 24.3 Å². The first kappa shape index (κ1) is 14.3. The molecule has 0 radical (unpaired) electrons. The zero-order valence-electron chi connectivity index (χ0n) is 12.0. The number of likely N-dealkylation sites (tertiary alicyclic amines) is 1. The van der Waals surface area contributed by atoms with Crippen molar-refractivity contribution in [3.05, 3.63) is 30.1 Å². The normalized spacial score (nSPS) is 19.3. The summed E-state index contributed by atoms with van der Waals surface area (Å²) in [4.78, 5) is 2.51. The van der Waals surface area contributed by atoms with E-state index in [9.17, 15) is 4.39 Å². The van der Waals surface area contributed by atoms with Gasteiger partial charge in [0.15, 0.2) is 0 Å². The van der Waals surface area contributed by atoms with Gasteiger partial charge >= 0.3 is 0 Å². The van der Waals surface area contributed by atoms with E-state index in [1.54, 1.807) is 12.1 Å². The van der Waals surface area contributed by atoms with E-state index in [0.29, 0.717) is 12.0 Å². The fourth-order valence-electron chi connectivity index (χ4n) is 2.39. The lowest BCUT2D eigenvalue weighted by molar-refractivity contribution is 0.126. The maximum atomic E-state index is 12.7. The van der Waals surface area contributed by atoms with E-state index in [2.05, 4.69) is 18.7 Å². The molecule has 2 rings (SSSR count). The molecule has 0 unspecified atom stereocenters. The third-order valence-electron chi connectivity index (χ3n) is 3.91. The molecule has 1 saturated heterocycles. The Morgan fingerprint density at radius 1 is 1.16 bits per heavy atom. The Morgan fingerprint density at radius 3 is 2.42 bits per heavy atom. The van der Waals surface area contributed by atoms with Gasteiger partial charge in [-0.3, -0.25) is 0 Å². The van der Waals surface area contributed by atoms with E-state index in [1.807, 2.05) is 0 Å². The minimum absolute atomic E-state index is 0.219. The van der Waals surface area contributed by atoms with Crippen molar-refractivity contribution in [1.82, 2.24) is 4.90 Å². The van der Waals surface area contributed by atoms with Crippen LogP contribution in [0.3, 0.4) is 0 Å². The highest BCUT2D eigenvalue weighted by Crippen LogP contribution is 2.29. The van der Waals surface area contributed by atoms with Crippen molar-refractivity contribution in [2.75, 3.05) is 26.2 Å². The molecule has 1 aromatic carbocycles. The summed E-state index contributed by atoms with van der Waals surface area (Å²) >= 11 is 0. The Balaban J connectivity index is 1.61. The second kappa shape index (κ2) is 6.38. The third-order valence-corrected chi connectivity index (χ3v) is 3.91. The second-order valence-corrected chi connectivity index (χ2v) is 6.16. The summed E-state index contributed by atoms with van der Waals surface area (Å²) in [6.45, 7) is 8.89. The van der Waals surface area contributed by atoms with E-state index in [0.717, 1.165) is 18.7 Å². The summed E-state index contributed by atoms with van der Waals surface area (Å²) in [5.74, 6) is 0.532. The topological polar surface area (TPSA) is 12.5 Å². The molecule has 19 heavy (non-hydrogen) atoms. The van der Waals surface area contributed by atoms with Crippen LogP contribution in [0.2, 0.25) is 0 Å². The monoisotopic (exact) mass is 265 g/mol. The standard InChI is InChI=1S/C16H24FNO/c1-16(2)8-11-18(12-9-16)10-3-13-19-15-6-4-14(17)5-7-15/h4-7H,3,8-13H2,1-2H3. The number of nitrogens with zero attached hydrogens (tertiary/aromatic N) is 1. The Hall–Kier alpha value is -1.09. The zero-order chi connectivity index (χ0) is 13.7. The smallest absolute Gasteiger partial charge is 0.123 e. The van der Waals surface area contributed by atoms with Crippen molar-refractivity contribution in [2.24, 2.45) is 5.41 Å². The van der Waals surface area contributed by atoms with Gasteiger partial charge in [-0.25, -0.2) is 4.39 Å². The van der Waals surface area contributed by atoms with Crippen LogP contribution >= 0.6 is 0 Å². The van der Waals surface area contributed by atoms with Crippen LogP contribution in [0.25, 0.3) is 0 Å². The molecular weight excluding hydrogens is 241 g/mol. The number of hydrogen-bond donors (Lipinski definition) is 0. The molecule has 1 aliphatic rings. The van der Waals surface area contributed by atoms with Crippen LogP contribution in [0.4, 0.5) is 4.39 Å². The van der Waals surface area contributed by atoms with E-state index < -0.39 is 0 Å². The van der Waals surface area contributed by atoms with Gasteiger partial charge in [-0.2, -0.15) is 0 Å². The van der Waals surface area contributed by atoms with Crippen molar-refractivity contribution in [3.8, 4) is 5.75 Å². The van der Waals surface area contributed by atoms with Crippen molar-refractivity contribution in [3.63, 3.8) is 0 Å². The Labute approximate surface area is 115 Å². The maximum absolute atomic E-state index is 12.7. The van der Waals surface area contributed by atoms with Crippen LogP contribution in [-0.2, 0) is 0 Å². The highest BCUT2D eigenvalue weighted by molar-refractivity contribution is 5.21. The van der Waals surface area contributed by atoms with Crippen LogP contribution in [-0.4, -0.2) is 31.1 Å². The highest BCUT2D eigenvalue weighted by atomic mass is 19.1.